The Morgan fingerprint density at radius 1 is 1.12 bits per heavy atom. The maximum atomic E-state index is 12.9. The fraction of sp³-hybridized carbons (Fsp3) is 0.345. The highest BCUT2D eigenvalue weighted by Crippen LogP contribution is 2.44. The van der Waals surface area contributed by atoms with Gasteiger partial charge in [-0.15, -0.1) is 0 Å². The molecule has 2 aliphatic rings. The van der Waals surface area contributed by atoms with Gasteiger partial charge in [0.1, 0.15) is 0 Å². The Morgan fingerprint density at radius 3 is 2.58 bits per heavy atom. The molecule has 0 fully saturated rings. The maximum absolute atomic E-state index is 12.9. The topological polar surface area (TPSA) is 41.6 Å². The summed E-state index contributed by atoms with van der Waals surface area (Å²) in [6, 6.07) is 12.7. The van der Waals surface area contributed by atoms with Crippen LogP contribution >= 0.6 is 0 Å². The van der Waals surface area contributed by atoms with E-state index in [-0.39, 0.29) is 12.0 Å². The third-order valence-corrected chi connectivity index (χ3v) is 6.53. The van der Waals surface area contributed by atoms with Gasteiger partial charge in [0.25, 0.3) is 0 Å². The molecule has 0 spiro atoms. The Hall–Kier alpha value is -3.11. The molecule has 1 N–H and O–H groups in total. The molecule has 33 heavy (non-hydrogen) atoms. The van der Waals surface area contributed by atoms with Gasteiger partial charge in [-0.25, -0.2) is 4.79 Å². The predicted octanol–water partition coefficient (Wildman–Crippen LogP) is 5.78. The van der Waals surface area contributed by atoms with Gasteiger partial charge in [0.2, 0.25) is 0 Å². The fourth-order valence-corrected chi connectivity index (χ4v) is 5.00. The molecule has 2 aromatic rings. The molecule has 0 aliphatic heterocycles. The summed E-state index contributed by atoms with van der Waals surface area (Å²) in [5.74, 6) is -0.275. The van der Waals surface area contributed by atoms with Gasteiger partial charge in [0.05, 0.1) is 12.2 Å². The van der Waals surface area contributed by atoms with E-state index in [0.29, 0.717) is 12.2 Å². The molecule has 0 amide bonds. The van der Waals surface area contributed by atoms with Crippen LogP contribution in [-0.4, -0.2) is 44.2 Å². The number of ether oxygens (including phenoxy) is 1. The summed E-state index contributed by atoms with van der Waals surface area (Å²) in [5.41, 5.74) is 11.3. The van der Waals surface area contributed by atoms with Gasteiger partial charge >= 0.3 is 5.97 Å². The first-order valence-electron chi connectivity index (χ1n) is 11.8. The Morgan fingerprint density at radius 2 is 1.88 bits per heavy atom. The molecular weight excluding hydrogens is 408 g/mol. The second-order valence-corrected chi connectivity index (χ2v) is 9.07. The minimum absolute atomic E-state index is 0.269. The highest BCUT2D eigenvalue weighted by Gasteiger charge is 2.30. The molecule has 1 unspecified atom stereocenters. The van der Waals surface area contributed by atoms with Crippen LogP contribution in [0.25, 0.3) is 5.57 Å². The van der Waals surface area contributed by atoms with E-state index in [4.69, 9.17) is 4.74 Å². The van der Waals surface area contributed by atoms with Crippen molar-refractivity contribution < 1.29 is 9.53 Å². The highest BCUT2D eigenvalue weighted by molar-refractivity contribution is 6.01. The van der Waals surface area contributed by atoms with Crippen LogP contribution in [0.2, 0.25) is 0 Å². The third-order valence-electron chi connectivity index (χ3n) is 6.53. The van der Waals surface area contributed by atoms with E-state index in [9.17, 15) is 4.79 Å². The number of hydrogen-bond donors (Lipinski definition) is 1. The van der Waals surface area contributed by atoms with Crippen LogP contribution in [0.1, 0.15) is 53.4 Å². The van der Waals surface area contributed by atoms with Crippen molar-refractivity contribution in [2.45, 2.75) is 40.2 Å². The molecular formula is C29H34N2O2. The van der Waals surface area contributed by atoms with Crippen molar-refractivity contribution in [2.24, 2.45) is 0 Å². The van der Waals surface area contributed by atoms with Gasteiger partial charge in [-0.3, -0.25) is 4.90 Å². The van der Waals surface area contributed by atoms with Crippen LogP contribution in [0.15, 0.2) is 65.3 Å². The first-order valence-corrected chi connectivity index (χ1v) is 11.8. The lowest BCUT2D eigenvalue weighted by molar-refractivity contribution is 0.0526. The van der Waals surface area contributed by atoms with Gasteiger partial charge in [-0.1, -0.05) is 35.9 Å². The Labute approximate surface area is 197 Å². The molecule has 0 radical (unpaired) electrons. The summed E-state index contributed by atoms with van der Waals surface area (Å²) in [6.07, 6.45) is 5.57. The molecule has 0 bridgehead atoms. The van der Waals surface area contributed by atoms with Crippen molar-refractivity contribution in [1.82, 2.24) is 4.90 Å². The second kappa shape index (κ2) is 9.40. The average Bonchev–Trinajstić information content (AvgIpc) is 2.78. The molecule has 0 saturated heterocycles. The Kier molecular flexibility index (Phi) is 6.57. The molecule has 1 atom stereocenters. The van der Waals surface area contributed by atoms with Gasteiger partial charge < -0.3 is 10.1 Å². The van der Waals surface area contributed by atoms with Crippen molar-refractivity contribution in [3.63, 3.8) is 0 Å². The molecule has 0 heterocycles. The van der Waals surface area contributed by atoms with Crippen molar-refractivity contribution in [1.29, 1.82) is 0 Å². The number of esters is 1. The number of nitrogens with one attached hydrogen (secondary N) is 1. The number of fused-ring (bicyclic) bond motifs is 2. The monoisotopic (exact) mass is 442 g/mol. The molecule has 4 heteroatoms. The summed E-state index contributed by atoms with van der Waals surface area (Å²) in [6.45, 7) is 9.54. The molecule has 2 aliphatic carbocycles. The number of carbonyl (C=O) groups excluding carboxylic acids is 1. The van der Waals surface area contributed by atoms with E-state index in [1.807, 2.05) is 25.1 Å². The fourth-order valence-electron chi connectivity index (χ4n) is 5.00. The number of benzene rings is 2. The second-order valence-electron chi connectivity index (χ2n) is 9.07. The highest BCUT2D eigenvalue weighted by atomic mass is 16.5. The lowest BCUT2D eigenvalue weighted by Crippen LogP contribution is -2.30. The summed E-state index contributed by atoms with van der Waals surface area (Å²) < 4.78 is 5.42. The first-order chi connectivity index (χ1) is 15.8. The summed E-state index contributed by atoms with van der Waals surface area (Å²) >= 11 is 0. The average molecular weight is 443 g/mol. The number of rotatable bonds is 6. The predicted molar refractivity (Wildman–Crippen MR) is 137 cm³/mol. The summed E-state index contributed by atoms with van der Waals surface area (Å²) in [4.78, 5) is 15.1. The van der Waals surface area contributed by atoms with Crippen molar-refractivity contribution >= 4 is 17.2 Å². The Balaban J connectivity index is 2.01. The number of hydrogen-bond acceptors (Lipinski definition) is 4. The standard InChI is InChI=1S/C29H34N2O2/c1-7-30-26-16-20-15-21-17-27(31(5)6)19(4)14-25(21)28(24(20)13-18(26)3)22-11-9-10-12-23(22)29(32)33-8-2/h9-14,16-17,27,30H,7-8,15H2,1-6H3. The number of allylic oxidation sites excluding steroid dienone is 3. The first kappa shape index (κ1) is 23.1. The van der Waals surface area contributed by atoms with Gasteiger partial charge in [0, 0.05) is 18.3 Å². The molecule has 4 nitrogen and oxygen atoms in total. The maximum Gasteiger partial charge on any atom is 0.338 e. The lowest BCUT2D eigenvalue weighted by atomic mass is 9.74. The van der Waals surface area contributed by atoms with Crippen LogP contribution in [0.4, 0.5) is 5.69 Å². The van der Waals surface area contributed by atoms with Crippen molar-refractivity contribution in [3.05, 3.63) is 93.1 Å². The zero-order valence-electron chi connectivity index (χ0n) is 20.6. The molecule has 0 aromatic heterocycles. The zero-order chi connectivity index (χ0) is 23.7. The largest absolute Gasteiger partial charge is 0.462 e. The van der Waals surface area contributed by atoms with Gasteiger partial charge in [-0.05, 0) is 105 Å². The van der Waals surface area contributed by atoms with E-state index in [1.54, 1.807) is 0 Å². The number of likely N-dealkylation sites (N-methyl/N-ethyl adjacent to an activating group) is 1. The van der Waals surface area contributed by atoms with E-state index < -0.39 is 0 Å². The van der Waals surface area contributed by atoms with Crippen LogP contribution < -0.4 is 5.32 Å². The molecule has 172 valence electrons. The van der Waals surface area contributed by atoms with E-state index in [0.717, 1.165) is 24.1 Å². The Bertz CT molecular complexity index is 1180. The smallest absolute Gasteiger partial charge is 0.338 e. The van der Waals surface area contributed by atoms with Crippen molar-refractivity contribution in [3.8, 4) is 0 Å². The number of carbonyl (C=O) groups is 1. The van der Waals surface area contributed by atoms with Crippen LogP contribution in [-0.2, 0) is 11.2 Å². The SMILES string of the molecule is CCNc1cc2c(cc1C)C(c1ccccc1C(=O)OCC)=C1C=C(C)C(N(C)C)C=C1C2. The van der Waals surface area contributed by atoms with E-state index in [1.165, 1.54) is 39.1 Å². The molecule has 2 aromatic carbocycles. The summed E-state index contributed by atoms with van der Waals surface area (Å²) in [7, 11) is 4.24. The third kappa shape index (κ3) is 4.28. The number of anilines is 1. The normalized spacial score (nSPS) is 17.2. The quantitative estimate of drug-likeness (QED) is 0.576. The summed E-state index contributed by atoms with van der Waals surface area (Å²) in [5, 5.41) is 3.50. The molecule has 4 rings (SSSR count). The van der Waals surface area contributed by atoms with Crippen LogP contribution in [0.5, 0.6) is 0 Å². The number of aryl methyl sites for hydroxylation is 1. The van der Waals surface area contributed by atoms with Crippen molar-refractivity contribution in [2.75, 3.05) is 32.6 Å². The van der Waals surface area contributed by atoms with E-state index >= 15 is 0 Å². The van der Waals surface area contributed by atoms with Gasteiger partial charge in [-0.2, -0.15) is 0 Å². The lowest BCUT2D eigenvalue weighted by Gasteiger charge is -2.33. The zero-order valence-corrected chi connectivity index (χ0v) is 20.6. The van der Waals surface area contributed by atoms with Crippen LogP contribution in [0.3, 0.4) is 0 Å². The molecule has 0 saturated carbocycles. The minimum Gasteiger partial charge on any atom is -0.462 e. The van der Waals surface area contributed by atoms with Crippen LogP contribution in [0, 0.1) is 6.92 Å². The van der Waals surface area contributed by atoms with E-state index in [2.05, 4.69) is 75.4 Å². The number of nitrogens with zero attached hydrogens (tertiary/aromatic N) is 1. The minimum atomic E-state index is -0.275. The van der Waals surface area contributed by atoms with Gasteiger partial charge in [0.15, 0.2) is 0 Å².